The molecule has 1 aromatic carbocycles. The summed E-state index contributed by atoms with van der Waals surface area (Å²) in [7, 11) is 0. The molecular weight excluding hydrogens is 230 g/mol. The number of nitrogens with zero attached hydrogens (tertiary/aromatic N) is 3. The highest BCUT2D eigenvalue weighted by atomic mass is 16.5. The second-order valence-corrected chi connectivity index (χ2v) is 4.03. The standard InChI is InChI=1S/C13H17N3O2/c1-3-16-13(14-9-15-16)8-18-12-6-4-11(5-7-12)10(2)17/h4-7,9-10,17H,3,8H2,1-2H3/t10-/m0/s1. The van der Waals surface area contributed by atoms with E-state index < -0.39 is 6.10 Å². The van der Waals surface area contributed by atoms with Crippen LogP contribution in [0.1, 0.15) is 31.3 Å². The zero-order chi connectivity index (χ0) is 13.0. The molecule has 0 amide bonds. The van der Waals surface area contributed by atoms with Crippen molar-refractivity contribution in [2.45, 2.75) is 33.1 Å². The van der Waals surface area contributed by atoms with Crippen molar-refractivity contribution in [2.75, 3.05) is 0 Å². The third-order valence-electron chi connectivity index (χ3n) is 2.73. The Labute approximate surface area is 106 Å². The lowest BCUT2D eigenvalue weighted by Crippen LogP contribution is -2.07. The fraction of sp³-hybridized carbons (Fsp3) is 0.385. The van der Waals surface area contributed by atoms with Crippen LogP contribution in [0.2, 0.25) is 0 Å². The van der Waals surface area contributed by atoms with Gasteiger partial charge in [-0.3, -0.25) is 0 Å². The molecule has 0 saturated carbocycles. The van der Waals surface area contributed by atoms with Crippen LogP contribution in [-0.4, -0.2) is 19.9 Å². The van der Waals surface area contributed by atoms with E-state index in [4.69, 9.17) is 4.74 Å². The van der Waals surface area contributed by atoms with Crippen LogP contribution in [0.5, 0.6) is 5.75 Å². The highest BCUT2D eigenvalue weighted by Gasteiger charge is 2.04. The van der Waals surface area contributed by atoms with E-state index >= 15 is 0 Å². The zero-order valence-electron chi connectivity index (χ0n) is 10.6. The van der Waals surface area contributed by atoms with Gasteiger partial charge >= 0.3 is 0 Å². The molecule has 5 heteroatoms. The predicted molar refractivity (Wildman–Crippen MR) is 67.1 cm³/mol. The van der Waals surface area contributed by atoms with Crippen molar-refractivity contribution in [3.05, 3.63) is 42.0 Å². The maximum absolute atomic E-state index is 9.40. The number of aryl methyl sites for hydroxylation is 1. The van der Waals surface area contributed by atoms with Gasteiger partial charge < -0.3 is 9.84 Å². The monoisotopic (exact) mass is 247 g/mol. The van der Waals surface area contributed by atoms with Crippen LogP contribution in [0.15, 0.2) is 30.6 Å². The molecule has 0 aliphatic rings. The Morgan fingerprint density at radius 1 is 1.33 bits per heavy atom. The molecule has 1 atom stereocenters. The molecule has 0 aliphatic heterocycles. The van der Waals surface area contributed by atoms with Gasteiger partial charge in [0.2, 0.25) is 0 Å². The van der Waals surface area contributed by atoms with Gasteiger partial charge in [0.1, 0.15) is 18.7 Å². The van der Waals surface area contributed by atoms with E-state index in [1.807, 2.05) is 31.2 Å². The van der Waals surface area contributed by atoms with Crippen molar-refractivity contribution in [2.24, 2.45) is 0 Å². The van der Waals surface area contributed by atoms with Gasteiger partial charge in [-0.15, -0.1) is 0 Å². The van der Waals surface area contributed by atoms with Gasteiger partial charge in [-0.25, -0.2) is 9.67 Å². The van der Waals surface area contributed by atoms with E-state index in [0.717, 1.165) is 23.7 Å². The largest absolute Gasteiger partial charge is 0.486 e. The van der Waals surface area contributed by atoms with Gasteiger partial charge in [0, 0.05) is 6.54 Å². The molecule has 2 rings (SSSR count). The number of hydrogen-bond donors (Lipinski definition) is 1. The number of benzene rings is 1. The lowest BCUT2D eigenvalue weighted by molar-refractivity contribution is 0.199. The molecule has 0 aliphatic carbocycles. The topological polar surface area (TPSA) is 60.2 Å². The van der Waals surface area contributed by atoms with Crippen molar-refractivity contribution >= 4 is 0 Å². The highest BCUT2D eigenvalue weighted by Crippen LogP contribution is 2.17. The Balaban J connectivity index is 1.98. The van der Waals surface area contributed by atoms with Crippen molar-refractivity contribution < 1.29 is 9.84 Å². The summed E-state index contributed by atoms with van der Waals surface area (Å²) in [4.78, 5) is 4.13. The summed E-state index contributed by atoms with van der Waals surface area (Å²) in [5, 5.41) is 13.5. The highest BCUT2D eigenvalue weighted by molar-refractivity contribution is 5.28. The molecule has 0 radical (unpaired) electrons. The SMILES string of the molecule is CCn1ncnc1COc1ccc([C@H](C)O)cc1. The molecule has 0 bridgehead atoms. The minimum absolute atomic E-state index is 0.391. The van der Waals surface area contributed by atoms with E-state index in [9.17, 15) is 5.11 Å². The molecule has 1 heterocycles. The third-order valence-corrected chi connectivity index (χ3v) is 2.73. The van der Waals surface area contributed by atoms with Crippen LogP contribution in [0.3, 0.4) is 0 Å². The summed E-state index contributed by atoms with van der Waals surface area (Å²) in [6.07, 6.45) is 1.07. The second-order valence-electron chi connectivity index (χ2n) is 4.03. The summed E-state index contributed by atoms with van der Waals surface area (Å²) < 4.78 is 7.42. The minimum atomic E-state index is -0.456. The molecular formula is C13H17N3O2. The maximum atomic E-state index is 9.40. The van der Waals surface area contributed by atoms with Crippen LogP contribution in [0.25, 0.3) is 0 Å². The molecule has 0 spiro atoms. The Morgan fingerprint density at radius 2 is 2.06 bits per heavy atom. The smallest absolute Gasteiger partial charge is 0.164 e. The first kappa shape index (κ1) is 12.6. The Hall–Kier alpha value is -1.88. The first-order valence-corrected chi connectivity index (χ1v) is 5.98. The van der Waals surface area contributed by atoms with E-state index in [2.05, 4.69) is 10.1 Å². The third kappa shape index (κ3) is 2.87. The number of aliphatic hydroxyl groups excluding tert-OH is 1. The molecule has 0 saturated heterocycles. The first-order chi connectivity index (χ1) is 8.70. The molecule has 0 fully saturated rings. The summed E-state index contributed by atoms with van der Waals surface area (Å²) in [5.41, 5.74) is 0.874. The number of rotatable bonds is 5. The minimum Gasteiger partial charge on any atom is -0.486 e. The molecule has 0 unspecified atom stereocenters. The van der Waals surface area contributed by atoms with Crippen LogP contribution >= 0.6 is 0 Å². The van der Waals surface area contributed by atoms with Crippen molar-refractivity contribution in [3.8, 4) is 5.75 Å². The molecule has 2 aromatic rings. The average Bonchev–Trinajstić information content (AvgIpc) is 2.84. The maximum Gasteiger partial charge on any atom is 0.164 e. The van der Waals surface area contributed by atoms with Gasteiger partial charge in [-0.2, -0.15) is 5.10 Å². The fourth-order valence-corrected chi connectivity index (χ4v) is 1.65. The van der Waals surface area contributed by atoms with Crippen molar-refractivity contribution in [1.29, 1.82) is 0 Å². The van der Waals surface area contributed by atoms with Crippen molar-refractivity contribution in [3.63, 3.8) is 0 Å². The van der Waals surface area contributed by atoms with Crippen LogP contribution < -0.4 is 4.74 Å². The summed E-state index contributed by atoms with van der Waals surface area (Å²) in [6.45, 7) is 4.91. The average molecular weight is 247 g/mol. The lowest BCUT2D eigenvalue weighted by Gasteiger charge is -2.08. The fourth-order valence-electron chi connectivity index (χ4n) is 1.65. The number of ether oxygens (including phenoxy) is 1. The molecule has 96 valence electrons. The van der Waals surface area contributed by atoms with Gasteiger partial charge in [0.25, 0.3) is 0 Å². The molecule has 18 heavy (non-hydrogen) atoms. The number of aliphatic hydroxyl groups is 1. The van der Waals surface area contributed by atoms with Gasteiger partial charge in [0.05, 0.1) is 6.10 Å². The second kappa shape index (κ2) is 5.64. The quantitative estimate of drug-likeness (QED) is 0.877. The van der Waals surface area contributed by atoms with Gasteiger partial charge in [-0.1, -0.05) is 12.1 Å². The summed E-state index contributed by atoms with van der Waals surface area (Å²) >= 11 is 0. The Kier molecular flexibility index (Phi) is 3.94. The molecule has 1 N–H and O–H groups in total. The van der Waals surface area contributed by atoms with Crippen LogP contribution in [-0.2, 0) is 13.2 Å². The Bertz CT molecular complexity index is 491. The first-order valence-electron chi connectivity index (χ1n) is 5.98. The van der Waals surface area contributed by atoms with Crippen LogP contribution in [0.4, 0.5) is 0 Å². The van der Waals surface area contributed by atoms with Gasteiger partial charge in [0.15, 0.2) is 5.82 Å². The van der Waals surface area contributed by atoms with Crippen molar-refractivity contribution in [1.82, 2.24) is 14.8 Å². The van der Waals surface area contributed by atoms with E-state index in [1.54, 1.807) is 11.6 Å². The lowest BCUT2D eigenvalue weighted by atomic mass is 10.1. The van der Waals surface area contributed by atoms with E-state index in [0.29, 0.717) is 6.61 Å². The molecule has 5 nitrogen and oxygen atoms in total. The normalized spacial score (nSPS) is 12.4. The molecule has 1 aromatic heterocycles. The number of hydrogen-bond acceptors (Lipinski definition) is 4. The van der Waals surface area contributed by atoms with Gasteiger partial charge in [-0.05, 0) is 31.5 Å². The van der Waals surface area contributed by atoms with E-state index in [-0.39, 0.29) is 0 Å². The van der Waals surface area contributed by atoms with Crippen LogP contribution in [0, 0.1) is 0 Å². The Morgan fingerprint density at radius 3 is 2.67 bits per heavy atom. The number of aromatic nitrogens is 3. The predicted octanol–water partition coefficient (Wildman–Crippen LogP) is 1.93. The summed E-state index contributed by atoms with van der Waals surface area (Å²) in [5.74, 6) is 1.56. The summed E-state index contributed by atoms with van der Waals surface area (Å²) in [6, 6.07) is 7.39. The van der Waals surface area contributed by atoms with E-state index in [1.165, 1.54) is 6.33 Å². The zero-order valence-corrected chi connectivity index (χ0v) is 10.6.